The maximum atomic E-state index is 12.5. The Hall–Kier alpha value is -2.29. The number of carbonyl (C=O) groups is 1. The van der Waals surface area contributed by atoms with Crippen molar-refractivity contribution in [1.29, 1.82) is 0 Å². The zero-order chi connectivity index (χ0) is 15.4. The van der Waals surface area contributed by atoms with Gasteiger partial charge in [-0.3, -0.25) is 4.79 Å². The molecule has 0 saturated heterocycles. The van der Waals surface area contributed by atoms with Gasteiger partial charge < -0.3 is 10.6 Å². The summed E-state index contributed by atoms with van der Waals surface area (Å²) in [5.41, 5.74) is 10.5. The molecule has 0 bridgehead atoms. The molecule has 21 heavy (non-hydrogen) atoms. The second kappa shape index (κ2) is 6.44. The summed E-state index contributed by atoms with van der Waals surface area (Å²) in [5.74, 6) is 0.0204. The van der Waals surface area contributed by atoms with Crippen molar-refractivity contribution in [3.63, 3.8) is 0 Å². The van der Waals surface area contributed by atoms with E-state index in [0.29, 0.717) is 17.8 Å². The van der Waals surface area contributed by atoms with Gasteiger partial charge in [0.2, 0.25) is 0 Å². The molecule has 0 saturated carbocycles. The fourth-order valence-corrected chi connectivity index (χ4v) is 2.36. The van der Waals surface area contributed by atoms with Crippen LogP contribution in [0.5, 0.6) is 0 Å². The number of benzene rings is 2. The Morgan fingerprint density at radius 3 is 2.29 bits per heavy atom. The highest BCUT2D eigenvalue weighted by Gasteiger charge is 2.14. The van der Waals surface area contributed by atoms with Gasteiger partial charge in [0.15, 0.2) is 0 Å². The third-order valence-electron chi connectivity index (χ3n) is 3.68. The summed E-state index contributed by atoms with van der Waals surface area (Å²) in [5, 5.41) is 0. The van der Waals surface area contributed by atoms with E-state index >= 15 is 0 Å². The maximum Gasteiger partial charge on any atom is 0.254 e. The summed E-state index contributed by atoms with van der Waals surface area (Å²) in [6.45, 7) is 4.65. The van der Waals surface area contributed by atoms with Gasteiger partial charge in [-0.25, -0.2) is 0 Å². The Bertz CT molecular complexity index is 632. The van der Waals surface area contributed by atoms with Crippen molar-refractivity contribution >= 4 is 11.6 Å². The van der Waals surface area contributed by atoms with Crippen LogP contribution in [0.1, 0.15) is 34.0 Å². The Balaban J connectivity index is 2.11. The lowest BCUT2D eigenvalue weighted by atomic mass is 10.1. The molecule has 0 fully saturated rings. The average Bonchev–Trinajstić information content (AvgIpc) is 2.47. The first-order chi connectivity index (χ1) is 10.0. The lowest BCUT2D eigenvalue weighted by molar-refractivity contribution is 0.0784. The predicted octanol–water partition coefficient (Wildman–Crippen LogP) is 3.41. The van der Waals surface area contributed by atoms with E-state index in [-0.39, 0.29) is 5.91 Å². The molecule has 0 aliphatic carbocycles. The van der Waals surface area contributed by atoms with Crippen LogP contribution in [-0.4, -0.2) is 17.9 Å². The molecule has 3 heteroatoms. The van der Waals surface area contributed by atoms with E-state index in [1.807, 2.05) is 20.0 Å². The van der Waals surface area contributed by atoms with Gasteiger partial charge in [-0.2, -0.15) is 0 Å². The molecule has 2 aromatic carbocycles. The quantitative estimate of drug-likeness (QED) is 0.873. The van der Waals surface area contributed by atoms with Crippen molar-refractivity contribution in [3.05, 3.63) is 64.7 Å². The number of hydrogen-bond acceptors (Lipinski definition) is 2. The second-order valence-electron chi connectivity index (χ2n) is 5.41. The zero-order valence-corrected chi connectivity index (χ0v) is 12.9. The van der Waals surface area contributed by atoms with Crippen LogP contribution in [0.3, 0.4) is 0 Å². The largest absolute Gasteiger partial charge is 0.399 e. The SMILES string of the molecule is CCc1ccc(CN(C)C(=O)c2ccc(N)cc2C)cc1. The van der Waals surface area contributed by atoms with E-state index < -0.39 is 0 Å². The predicted molar refractivity (Wildman–Crippen MR) is 87.2 cm³/mol. The number of amides is 1. The van der Waals surface area contributed by atoms with E-state index in [0.717, 1.165) is 17.5 Å². The summed E-state index contributed by atoms with van der Waals surface area (Å²) in [6.07, 6.45) is 1.03. The number of nitrogens with two attached hydrogens (primary N) is 1. The number of nitrogen functional groups attached to an aromatic ring is 1. The monoisotopic (exact) mass is 282 g/mol. The molecular formula is C18H22N2O. The maximum absolute atomic E-state index is 12.5. The third-order valence-corrected chi connectivity index (χ3v) is 3.68. The van der Waals surface area contributed by atoms with E-state index in [4.69, 9.17) is 5.73 Å². The highest BCUT2D eigenvalue weighted by atomic mass is 16.2. The van der Waals surface area contributed by atoms with Crippen molar-refractivity contribution in [2.24, 2.45) is 0 Å². The van der Waals surface area contributed by atoms with Gasteiger partial charge >= 0.3 is 0 Å². The van der Waals surface area contributed by atoms with Crippen LogP contribution in [0.15, 0.2) is 42.5 Å². The van der Waals surface area contributed by atoms with Gasteiger partial charge in [0.1, 0.15) is 0 Å². The third kappa shape index (κ3) is 3.63. The van der Waals surface area contributed by atoms with Crippen LogP contribution in [0.25, 0.3) is 0 Å². The number of anilines is 1. The number of carbonyl (C=O) groups excluding carboxylic acids is 1. The minimum Gasteiger partial charge on any atom is -0.399 e. The van der Waals surface area contributed by atoms with E-state index in [9.17, 15) is 4.79 Å². The Morgan fingerprint density at radius 2 is 1.71 bits per heavy atom. The first-order valence-electron chi connectivity index (χ1n) is 7.20. The molecule has 2 N–H and O–H groups in total. The molecule has 110 valence electrons. The fourth-order valence-electron chi connectivity index (χ4n) is 2.36. The summed E-state index contributed by atoms with van der Waals surface area (Å²) < 4.78 is 0. The number of nitrogens with zero attached hydrogens (tertiary/aromatic N) is 1. The Kier molecular flexibility index (Phi) is 4.63. The minimum atomic E-state index is 0.0204. The van der Waals surface area contributed by atoms with E-state index in [2.05, 4.69) is 31.2 Å². The number of hydrogen-bond donors (Lipinski definition) is 1. The standard InChI is InChI=1S/C18H22N2O/c1-4-14-5-7-15(8-6-14)12-20(3)18(21)17-10-9-16(19)11-13(17)2/h5-11H,4,12,19H2,1-3H3. The van der Waals surface area contributed by atoms with Crippen LogP contribution in [0, 0.1) is 6.92 Å². The van der Waals surface area contributed by atoms with Crippen molar-refractivity contribution in [1.82, 2.24) is 4.90 Å². The molecule has 2 rings (SSSR count). The molecule has 3 nitrogen and oxygen atoms in total. The zero-order valence-electron chi connectivity index (χ0n) is 12.9. The van der Waals surface area contributed by atoms with Gasteiger partial charge in [-0.15, -0.1) is 0 Å². The molecule has 0 spiro atoms. The smallest absolute Gasteiger partial charge is 0.254 e. The summed E-state index contributed by atoms with van der Waals surface area (Å²) in [4.78, 5) is 14.2. The summed E-state index contributed by atoms with van der Waals surface area (Å²) >= 11 is 0. The molecule has 0 radical (unpaired) electrons. The Labute approximate surface area is 126 Å². The van der Waals surface area contributed by atoms with Crippen LogP contribution >= 0.6 is 0 Å². The molecule has 1 amide bonds. The van der Waals surface area contributed by atoms with E-state index in [1.54, 1.807) is 17.0 Å². The van der Waals surface area contributed by atoms with Gasteiger partial charge in [0, 0.05) is 24.8 Å². The van der Waals surface area contributed by atoms with Gasteiger partial charge in [-0.1, -0.05) is 31.2 Å². The van der Waals surface area contributed by atoms with Crippen LogP contribution in [-0.2, 0) is 13.0 Å². The van der Waals surface area contributed by atoms with Crippen molar-refractivity contribution in [2.75, 3.05) is 12.8 Å². The lowest BCUT2D eigenvalue weighted by Gasteiger charge is -2.19. The van der Waals surface area contributed by atoms with Crippen molar-refractivity contribution in [3.8, 4) is 0 Å². The fraction of sp³-hybridized carbons (Fsp3) is 0.278. The summed E-state index contributed by atoms with van der Waals surface area (Å²) in [7, 11) is 1.83. The molecule has 0 heterocycles. The minimum absolute atomic E-state index is 0.0204. The van der Waals surface area contributed by atoms with Crippen molar-refractivity contribution < 1.29 is 4.79 Å². The normalized spacial score (nSPS) is 10.4. The highest BCUT2D eigenvalue weighted by Crippen LogP contribution is 2.16. The second-order valence-corrected chi connectivity index (χ2v) is 5.41. The molecule has 0 atom stereocenters. The highest BCUT2D eigenvalue weighted by molar-refractivity contribution is 5.95. The molecule has 0 aliphatic rings. The molecule has 2 aromatic rings. The summed E-state index contributed by atoms with van der Waals surface area (Å²) in [6, 6.07) is 13.8. The number of rotatable bonds is 4. The molecular weight excluding hydrogens is 260 g/mol. The lowest BCUT2D eigenvalue weighted by Crippen LogP contribution is -2.26. The topological polar surface area (TPSA) is 46.3 Å². The Morgan fingerprint density at radius 1 is 1.10 bits per heavy atom. The van der Waals surface area contributed by atoms with Gasteiger partial charge in [0.05, 0.1) is 0 Å². The van der Waals surface area contributed by atoms with Gasteiger partial charge in [0.25, 0.3) is 5.91 Å². The first-order valence-corrected chi connectivity index (χ1v) is 7.20. The molecule has 0 aromatic heterocycles. The van der Waals surface area contributed by atoms with Crippen molar-refractivity contribution in [2.45, 2.75) is 26.8 Å². The first kappa shape index (κ1) is 15.1. The average molecular weight is 282 g/mol. The molecule has 0 aliphatic heterocycles. The number of aryl methyl sites for hydroxylation is 2. The van der Waals surface area contributed by atoms with Gasteiger partial charge in [-0.05, 0) is 48.2 Å². The molecule has 0 unspecified atom stereocenters. The van der Waals surface area contributed by atoms with Crippen LogP contribution < -0.4 is 5.73 Å². The van der Waals surface area contributed by atoms with E-state index in [1.165, 1.54) is 5.56 Å². The van der Waals surface area contributed by atoms with Crippen LogP contribution in [0.4, 0.5) is 5.69 Å². The van der Waals surface area contributed by atoms with Crippen LogP contribution in [0.2, 0.25) is 0 Å².